The second kappa shape index (κ2) is 9.24. The van der Waals surface area contributed by atoms with E-state index in [1.165, 1.54) is 0 Å². The summed E-state index contributed by atoms with van der Waals surface area (Å²) in [7, 11) is 1.60. The first-order valence-corrected chi connectivity index (χ1v) is 10.5. The molecule has 7 heteroatoms. The first-order valence-electron chi connectivity index (χ1n) is 10.2. The van der Waals surface area contributed by atoms with Crippen LogP contribution < -0.4 is 15.5 Å². The minimum atomic E-state index is -0.810. The number of hydrazine groups is 1. The SMILES string of the molecule is COc1ccc([C@@H]2[C@@H](NC(=O)c3cccc(C)c3)C(=O)N/[N+]2=C\c2ccccc2Cl)cc1. The second-order valence-electron chi connectivity index (χ2n) is 7.57. The van der Waals surface area contributed by atoms with Crippen molar-refractivity contribution in [2.45, 2.75) is 19.0 Å². The quantitative estimate of drug-likeness (QED) is 0.585. The van der Waals surface area contributed by atoms with Crippen LogP contribution in [-0.4, -0.2) is 35.9 Å². The number of carbonyl (C=O) groups is 2. The molecule has 4 rings (SSSR count). The summed E-state index contributed by atoms with van der Waals surface area (Å²) in [4.78, 5) is 25.9. The van der Waals surface area contributed by atoms with Crippen molar-refractivity contribution in [3.05, 3.63) is 100 Å². The summed E-state index contributed by atoms with van der Waals surface area (Å²) in [5, 5.41) is 3.46. The lowest BCUT2D eigenvalue weighted by Crippen LogP contribution is -2.42. The first-order chi connectivity index (χ1) is 15.5. The molecule has 0 radical (unpaired) electrons. The molecule has 1 aliphatic rings. The predicted octanol–water partition coefficient (Wildman–Crippen LogP) is 3.67. The van der Waals surface area contributed by atoms with Gasteiger partial charge in [0.25, 0.3) is 5.91 Å². The number of rotatable bonds is 5. The molecule has 1 saturated heterocycles. The van der Waals surface area contributed by atoms with E-state index < -0.39 is 12.1 Å². The van der Waals surface area contributed by atoms with Crippen LogP contribution in [0.15, 0.2) is 72.8 Å². The summed E-state index contributed by atoms with van der Waals surface area (Å²) >= 11 is 6.33. The Hall–Kier alpha value is -3.64. The first kappa shape index (κ1) is 21.6. The molecule has 3 aromatic rings. The van der Waals surface area contributed by atoms with E-state index >= 15 is 0 Å². The van der Waals surface area contributed by atoms with Crippen LogP contribution in [-0.2, 0) is 4.79 Å². The van der Waals surface area contributed by atoms with Crippen molar-refractivity contribution in [3.8, 4) is 5.75 Å². The number of methoxy groups -OCH3 is 1. The van der Waals surface area contributed by atoms with Gasteiger partial charge in [-0.2, -0.15) is 0 Å². The van der Waals surface area contributed by atoms with Gasteiger partial charge in [0, 0.05) is 11.1 Å². The number of nitrogens with zero attached hydrogens (tertiary/aromatic N) is 1. The third-order valence-corrected chi connectivity index (χ3v) is 5.69. The third-order valence-electron chi connectivity index (χ3n) is 5.34. The highest BCUT2D eigenvalue weighted by molar-refractivity contribution is 6.32. The smallest absolute Gasteiger partial charge is 0.304 e. The minimum absolute atomic E-state index is 0.310. The molecule has 1 aliphatic heterocycles. The number of hydrogen-bond donors (Lipinski definition) is 2. The van der Waals surface area contributed by atoms with E-state index in [-0.39, 0.29) is 11.8 Å². The van der Waals surface area contributed by atoms with Crippen molar-refractivity contribution in [1.82, 2.24) is 10.7 Å². The third kappa shape index (κ3) is 4.50. The van der Waals surface area contributed by atoms with Gasteiger partial charge in [-0.25, -0.2) is 0 Å². The highest BCUT2D eigenvalue weighted by atomic mass is 35.5. The van der Waals surface area contributed by atoms with Gasteiger partial charge in [-0.1, -0.05) is 41.4 Å². The van der Waals surface area contributed by atoms with Crippen LogP contribution >= 0.6 is 11.6 Å². The van der Waals surface area contributed by atoms with E-state index in [2.05, 4.69) is 10.7 Å². The molecule has 6 nitrogen and oxygen atoms in total. The normalized spacial score (nSPS) is 19.0. The van der Waals surface area contributed by atoms with Crippen molar-refractivity contribution in [3.63, 3.8) is 0 Å². The van der Waals surface area contributed by atoms with Crippen LogP contribution in [0.3, 0.4) is 0 Å². The second-order valence-corrected chi connectivity index (χ2v) is 7.98. The molecule has 0 unspecified atom stereocenters. The van der Waals surface area contributed by atoms with Crippen molar-refractivity contribution in [2.24, 2.45) is 0 Å². The average molecular weight is 449 g/mol. The molecule has 0 saturated carbocycles. The molecular weight excluding hydrogens is 426 g/mol. The van der Waals surface area contributed by atoms with Crippen molar-refractivity contribution in [1.29, 1.82) is 0 Å². The summed E-state index contributed by atoms with van der Waals surface area (Å²) in [6.45, 7) is 1.92. The van der Waals surface area contributed by atoms with Crippen molar-refractivity contribution < 1.29 is 19.0 Å². The Morgan fingerprint density at radius 3 is 2.53 bits per heavy atom. The Bertz CT molecular complexity index is 1190. The molecule has 3 aromatic carbocycles. The monoisotopic (exact) mass is 448 g/mol. The van der Waals surface area contributed by atoms with E-state index in [0.717, 1.165) is 16.7 Å². The molecule has 32 heavy (non-hydrogen) atoms. The summed E-state index contributed by atoms with van der Waals surface area (Å²) in [5.41, 5.74) is 5.91. The predicted molar refractivity (Wildman–Crippen MR) is 123 cm³/mol. The lowest BCUT2D eigenvalue weighted by atomic mass is 9.99. The molecule has 1 fully saturated rings. The van der Waals surface area contributed by atoms with Gasteiger partial charge < -0.3 is 10.1 Å². The number of amides is 2. The van der Waals surface area contributed by atoms with Crippen molar-refractivity contribution in [2.75, 3.05) is 7.11 Å². The number of carbonyl (C=O) groups excluding carboxylic acids is 2. The fourth-order valence-corrected chi connectivity index (χ4v) is 3.91. The molecule has 0 spiro atoms. The molecular formula is C25H23ClN3O3+. The number of nitrogens with one attached hydrogen (secondary N) is 2. The number of halogens is 1. The van der Waals surface area contributed by atoms with Gasteiger partial charge in [-0.15, -0.1) is 10.1 Å². The Kier molecular flexibility index (Phi) is 6.23. The van der Waals surface area contributed by atoms with Gasteiger partial charge >= 0.3 is 5.91 Å². The lowest BCUT2D eigenvalue weighted by molar-refractivity contribution is -0.596. The highest BCUT2D eigenvalue weighted by Crippen LogP contribution is 2.27. The fourth-order valence-electron chi connectivity index (χ4n) is 3.72. The number of aryl methyl sites for hydroxylation is 1. The molecule has 1 heterocycles. The van der Waals surface area contributed by atoms with Crippen LogP contribution in [0.4, 0.5) is 0 Å². The lowest BCUT2D eigenvalue weighted by Gasteiger charge is -2.15. The van der Waals surface area contributed by atoms with Crippen LogP contribution in [0.1, 0.15) is 33.1 Å². The van der Waals surface area contributed by atoms with Gasteiger partial charge in [-0.05, 0) is 55.5 Å². The van der Waals surface area contributed by atoms with Gasteiger partial charge in [0.05, 0.1) is 17.7 Å². The maximum Gasteiger partial charge on any atom is 0.304 e. The van der Waals surface area contributed by atoms with Gasteiger partial charge in [-0.3, -0.25) is 9.59 Å². The summed E-state index contributed by atoms with van der Waals surface area (Å²) < 4.78 is 6.95. The maximum absolute atomic E-state index is 13.0. The number of benzene rings is 3. The van der Waals surface area contributed by atoms with Crippen LogP contribution in [0.25, 0.3) is 0 Å². The van der Waals surface area contributed by atoms with Gasteiger partial charge in [0.15, 0.2) is 6.04 Å². The summed E-state index contributed by atoms with van der Waals surface area (Å²) in [6.07, 6.45) is 1.77. The van der Waals surface area contributed by atoms with E-state index in [0.29, 0.717) is 16.3 Å². The molecule has 162 valence electrons. The van der Waals surface area contributed by atoms with Crippen LogP contribution in [0, 0.1) is 6.92 Å². The average Bonchev–Trinajstić information content (AvgIpc) is 3.10. The zero-order valence-electron chi connectivity index (χ0n) is 17.7. The summed E-state index contributed by atoms with van der Waals surface area (Å²) in [5.74, 6) is 0.0788. The largest absolute Gasteiger partial charge is 0.497 e. The number of hydrogen-bond acceptors (Lipinski definition) is 3. The number of ether oxygens (including phenoxy) is 1. The minimum Gasteiger partial charge on any atom is -0.497 e. The summed E-state index contributed by atoms with van der Waals surface area (Å²) in [6, 6.07) is 20.7. The molecule has 2 atom stereocenters. The standard InChI is InChI=1S/C25H22ClN3O3/c1-16-6-5-8-18(14-16)24(30)27-22-23(17-10-12-20(32-2)13-11-17)29(28-25(22)31)15-19-7-3-4-9-21(19)26/h3-15,22-23H,1-2H3,(H-,27,28,30,31)/p+1/b29-15-/t22-,23-/m1/s1. The zero-order valence-corrected chi connectivity index (χ0v) is 18.5. The van der Waals surface area contributed by atoms with E-state index in [1.807, 2.05) is 61.5 Å². The molecule has 0 aromatic heterocycles. The van der Waals surface area contributed by atoms with E-state index in [1.54, 1.807) is 36.2 Å². The van der Waals surface area contributed by atoms with Crippen LogP contribution in [0.5, 0.6) is 5.75 Å². The molecule has 0 bridgehead atoms. The Morgan fingerprint density at radius 1 is 1.09 bits per heavy atom. The molecule has 0 aliphatic carbocycles. The molecule has 2 amide bonds. The Labute approximate surface area is 191 Å². The Balaban J connectivity index is 1.72. The Morgan fingerprint density at radius 2 is 1.84 bits per heavy atom. The fraction of sp³-hybridized carbons (Fsp3) is 0.160. The van der Waals surface area contributed by atoms with Crippen molar-refractivity contribution >= 4 is 29.6 Å². The zero-order chi connectivity index (χ0) is 22.7. The topological polar surface area (TPSA) is 70.4 Å². The van der Waals surface area contributed by atoms with E-state index in [9.17, 15) is 9.59 Å². The van der Waals surface area contributed by atoms with Gasteiger partial charge in [0.1, 0.15) is 5.75 Å². The van der Waals surface area contributed by atoms with E-state index in [4.69, 9.17) is 16.3 Å². The molecule has 2 N–H and O–H groups in total. The maximum atomic E-state index is 13.0. The highest BCUT2D eigenvalue weighted by Gasteiger charge is 2.47. The number of hydrazone groups is 1. The van der Waals surface area contributed by atoms with Gasteiger partial charge in [0.2, 0.25) is 12.3 Å². The van der Waals surface area contributed by atoms with Crippen LogP contribution in [0.2, 0.25) is 5.02 Å².